The van der Waals surface area contributed by atoms with E-state index in [9.17, 15) is 9.90 Å². The number of rotatable bonds is 3. The van der Waals surface area contributed by atoms with Crippen LogP contribution < -0.4 is 0 Å². The topological polar surface area (TPSA) is 58.4 Å². The molecule has 1 saturated heterocycles. The van der Waals surface area contributed by atoms with Crippen LogP contribution in [0.15, 0.2) is 30.3 Å². The van der Waals surface area contributed by atoms with Gasteiger partial charge in [0.2, 0.25) is 0 Å². The van der Waals surface area contributed by atoms with Gasteiger partial charge in [0.25, 0.3) is 5.91 Å². The van der Waals surface area contributed by atoms with Crippen molar-refractivity contribution in [2.75, 3.05) is 13.1 Å². The summed E-state index contributed by atoms with van der Waals surface area (Å²) in [5.41, 5.74) is 3.31. The fourth-order valence-electron chi connectivity index (χ4n) is 3.52. The maximum Gasteiger partial charge on any atom is 0.257 e. The van der Waals surface area contributed by atoms with Gasteiger partial charge < -0.3 is 10.0 Å². The van der Waals surface area contributed by atoms with Gasteiger partial charge in [0, 0.05) is 13.1 Å². The highest BCUT2D eigenvalue weighted by Crippen LogP contribution is 2.24. The van der Waals surface area contributed by atoms with Crippen LogP contribution in [0.4, 0.5) is 0 Å². The van der Waals surface area contributed by atoms with E-state index in [1.165, 1.54) is 0 Å². The molecule has 1 fully saturated rings. The molecule has 1 N–H and O–H groups in total. The monoisotopic (exact) mass is 327 g/mol. The van der Waals surface area contributed by atoms with Crippen molar-refractivity contribution in [3.8, 4) is 5.69 Å². The molecular formula is C19H25N3O2. The SMILES string of the molecule is Cc1nn(-c2ccccc2)c(C)c1C(=O)N1CCC(C(C)O)CC1. The molecule has 0 saturated carbocycles. The molecule has 1 aliphatic rings. The quantitative estimate of drug-likeness (QED) is 0.943. The second-order valence-electron chi connectivity index (χ2n) is 6.66. The molecule has 1 aromatic carbocycles. The number of benzene rings is 1. The Labute approximate surface area is 142 Å². The highest BCUT2D eigenvalue weighted by atomic mass is 16.3. The van der Waals surface area contributed by atoms with Gasteiger partial charge in [-0.1, -0.05) is 18.2 Å². The summed E-state index contributed by atoms with van der Waals surface area (Å²) in [6.07, 6.45) is 1.41. The lowest BCUT2D eigenvalue weighted by Crippen LogP contribution is -2.41. The van der Waals surface area contributed by atoms with Crippen molar-refractivity contribution < 1.29 is 9.90 Å². The van der Waals surface area contributed by atoms with Crippen LogP contribution in [0.25, 0.3) is 5.69 Å². The van der Waals surface area contributed by atoms with Crippen molar-refractivity contribution in [3.05, 3.63) is 47.3 Å². The Bertz CT molecular complexity index is 714. The minimum atomic E-state index is -0.299. The van der Waals surface area contributed by atoms with E-state index in [4.69, 9.17) is 0 Å². The summed E-state index contributed by atoms with van der Waals surface area (Å²) < 4.78 is 1.84. The van der Waals surface area contributed by atoms with Crippen molar-refractivity contribution in [1.29, 1.82) is 0 Å². The second-order valence-corrected chi connectivity index (χ2v) is 6.66. The zero-order chi connectivity index (χ0) is 17.3. The molecule has 0 aliphatic carbocycles. The number of nitrogens with zero attached hydrogens (tertiary/aromatic N) is 3. The zero-order valence-corrected chi connectivity index (χ0v) is 14.6. The minimum absolute atomic E-state index is 0.0521. The van der Waals surface area contributed by atoms with E-state index in [1.54, 1.807) is 0 Å². The molecule has 1 amide bonds. The first kappa shape index (κ1) is 16.7. The van der Waals surface area contributed by atoms with Crippen molar-refractivity contribution in [2.45, 2.75) is 39.7 Å². The number of carbonyl (C=O) groups is 1. The summed E-state index contributed by atoms with van der Waals surface area (Å²) in [4.78, 5) is 14.9. The fraction of sp³-hybridized carbons (Fsp3) is 0.474. The van der Waals surface area contributed by atoms with Gasteiger partial charge in [0.15, 0.2) is 0 Å². The predicted molar refractivity (Wildman–Crippen MR) is 93.3 cm³/mol. The third-order valence-electron chi connectivity index (χ3n) is 5.01. The number of aryl methyl sites for hydroxylation is 1. The van der Waals surface area contributed by atoms with Gasteiger partial charge in [-0.2, -0.15) is 5.10 Å². The molecule has 128 valence electrons. The van der Waals surface area contributed by atoms with Crippen molar-refractivity contribution in [1.82, 2.24) is 14.7 Å². The number of para-hydroxylation sites is 1. The van der Waals surface area contributed by atoms with Gasteiger partial charge >= 0.3 is 0 Å². The number of piperidine rings is 1. The van der Waals surface area contributed by atoms with Gasteiger partial charge in [-0.3, -0.25) is 4.79 Å². The van der Waals surface area contributed by atoms with Crippen LogP contribution in [0.3, 0.4) is 0 Å². The van der Waals surface area contributed by atoms with Crippen molar-refractivity contribution in [3.63, 3.8) is 0 Å². The molecule has 24 heavy (non-hydrogen) atoms. The molecule has 2 heterocycles. The second kappa shape index (κ2) is 6.77. The highest BCUT2D eigenvalue weighted by Gasteiger charge is 2.29. The van der Waals surface area contributed by atoms with E-state index in [0.717, 1.165) is 29.9 Å². The van der Waals surface area contributed by atoms with E-state index in [-0.39, 0.29) is 12.0 Å². The number of aliphatic hydroxyl groups is 1. The number of hydrogen-bond acceptors (Lipinski definition) is 3. The third kappa shape index (κ3) is 3.08. The van der Waals surface area contributed by atoms with Crippen LogP contribution in [-0.4, -0.2) is 44.9 Å². The van der Waals surface area contributed by atoms with Crippen molar-refractivity contribution >= 4 is 5.91 Å². The Morgan fingerprint density at radius 1 is 1.21 bits per heavy atom. The van der Waals surface area contributed by atoms with Gasteiger partial charge in [-0.05, 0) is 51.7 Å². The van der Waals surface area contributed by atoms with Gasteiger partial charge in [-0.25, -0.2) is 4.68 Å². The lowest BCUT2D eigenvalue weighted by atomic mass is 9.92. The van der Waals surface area contributed by atoms with Crippen LogP contribution in [0, 0.1) is 19.8 Å². The maximum absolute atomic E-state index is 13.0. The minimum Gasteiger partial charge on any atom is -0.393 e. The predicted octanol–water partition coefficient (Wildman–Crippen LogP) is 2.72. The maximum atomic E-state index is 13.0. The molecule has 1 aromatic heterocycles. The van der Waals surface area contributed by atoms with Crippen LogP contribution in [0.5, 0.6) is 0 Å². The van der Waals surface area contributed by atoms with E-state index in [2.05, 4.69) is 5.10 Å². The Hall–Kier alpha value is -2.14. The van der Waals surface area contributed by atoms with Gasteiger partial charge in [0.1, 0.15) is 0 Å². The molecule has 0 spiro atoms. The lowest BCUT2D eigenvalue weighted by Gasteiger charge is -2.33. The molecule has 0 bridgehead atoms. The van der Waals surface area contributed by atoms with Crippen molar-refractivity contribution in [2.24, 2.45) is 5.92 Å². The number of amides is 1. The molecule has 5 heteroatoms. The Morgan fingerprint density at radius 3 is 2.42 bits per heavy atom. The van der Waals surface area contributed by atoms with E-state index in [0.29, 0.717) is 24.6 Å². The summed E-state index contributed by atoms with van der Waals surface area (Å²) in [5, 5.41) is 14.3. The number of carbonyl (C=O) groups excluding carboxylic acids is 1. The standard InChI is InChI=1S/C19H25N3O2/c1-13-18(14(2)22(20-13)17-7-5-4-6-8-17)19(24)21-11-9-16(10-12-21)15(3)23/h4-8,15-16,23H,9-12H2,1-3H3. The number of likely N-dealkylation sites (tertiary alicyclic amines) is 1. The molecule has 2 aromatic rings. The first-order valence-electron chi connectivity index (χ1n) is 8.58. The van der Waals surface area contributed by atoms with Crippen LogP contribution in [0.2, 0.25) is 0 Å². The Balaban J connectivity index is 1.83. The average molecular weight is 327 g/mol. The first-order chi connectivity index (χ1) is 11.5. The molecule has 1 unspecified atom stereocenters. The van der Waals surface area contributed by atoms with E-state index >= 15 is 0 Å². The first-order valence-corrected chi connectivity index (χ1v) is 8.58. The van der Waals surface area contributed by atoms with Gasteiger partial charge in [0.05, 0.1) is 28.7 Å². The Morgan fingerprint density at radius 2 is 1.83 bits per heavy atom. The smallest absolute Gasteiger partial charge is 0.257 e. The summed E-state index contributed by atoms with van der Waals surface area (Å²) in [7, 11) is 0. The average Bonchev–Trinajstić information content (AvgIpc) is 2.89. The fourth-order valence-corrected chi connectivity index (χ4v) is 3.52. The normalized spacial score (nSPS) is 17.1. The summed E-state index contributed by atoms with van der Waals surface area (Å²) in [5.74, 6) is 0.347. The molecule has 5 nitrogen and oxygen atoms in total. The van der Waals surface area contributed by atoms with E-state index in [1.807, 2.05) is 60.7 Å². The highest BCUT2D eigenvalue weighted by molar-refractivity contribution is 5.96. The molecule has 1 atom stereocenters. The van der Waals surface area contributed by atoms with Crippen LogP contribution >= 0.6 is 0 Å². The summed E-state index contributed by atoms with van der Waals surface area (Å²) in [6.45, 7) is 7.07. The third-order valence-corrected chi connectivity index (χ3v) is 5.01. The van der Waals surface area contributed by atoms with Gasteiger partial charge in [-0.15, -0.1) is 0 Å². The number of aromatic nitrogens is 2. The van der Waals surface area contributed by atoms with Crippen LogP contribution in [-0.2, 0) is 0 Å². The number of hydrogen-bond donors (Lipinski definition) is 1. The molecule has 1 aliphatic heterocycles. The molecular weight excluding hydrogens is 302 g/mol. The largest absolute Gasteiger partial charge is 0.393 e. The molecule has 0 radical (unpaired) electrons. The number of aliphatic hydroxyl groups excluding tert-OH is 1. The summed E-state index contributed by atoms with van der Waals surface area (Å²) >= 11 is 0. The zero-order valence-electron chi connectivity index (χ0n) is 14.6. The van der Waals surface area contributed by atoms with Crippen LogP contribution in [0.1, 0.15) is 41.5 Å². The van der Waals surface area contributed by atoms with E-state index < -0.39 is 0 Å². The molecule has 3 rings (SSSR count). The Kier molecular flexibility index (Phi) is 4.71. The lowest BCUT2D eigenvalue weighted by molar-refractivity contribution is 0.0520. The summed E-state index contributed by atoms with van der Waals surface area (Å²) in [6, 6.07) is 9.87.